The van der Waals surface area contributed by atoms with Crippen molar-refractivity contribution in [3.05, 3.63) is 185 Å². The van der Waals surface area contributed by atoms with E-state index in [0.717, 1.165) is 17.7 Å². The second kappa shape index (κ2) is 18.9. The molecular weight excluding hydrogens is 843 g/mol. The number of aromatic nitrogens is 2. The van der Waals surface area contributed by atoms with Gasteiger partial charge in [-0.2, -0.15) is 0 Å². The van der Waals surface area contributed by atoms with Gasteiger partial charge in [-0.3, -0.25) is 24.2 Å². The molecule has 1 aromatic heterocycles. The highest BCUT2D eigenvalue weighted by molar-refractivity contribution is 6.12. The molecule has 0 unspecified atom stereocenters. The quantitative estimate of drug-likeness (QED) is 0.118. The van der Waals surface area contributed by atoms with Crippen LogP contribution in [-0.2, 0) is 31.1 Å². The van der Waals surface area contributed by atoms with Gasteiger partial charge in [0.25, 0.3) is 0 Å². The van der Waals surface area contributed by atoms with Crippen LogP contribution in [0.2, 0.25) is 0 Å². The van der Waals surface area contributed by atoms with Crippen LogP contribution in [-0.4, -0.2) is 107 Å². The molecule has 4 aliphatic rings. The number of esters is 1. The smallest absolute Gasteiger partial charge is 0.324 e. The summed E-state index contributed by atoms with van der Waals surface area (Å²) >= 11 is 0. The highest BCUT2D eigenvalue weighted by Crippen LogP contribution is 2.65. The fourth-order valence-electron chi connectivity index (χ4n) is 10.6. The number of ether oxygens (including phenoxy) is 2. The normalized spacial score (nSPS) is 23.2. The number of aliphatic hydroxyl groups excluding tert-OH is 1. The number of piperazine rings is 1. The van der Waals surface area contributed by atoms with E-state index >= 15 is 14.4 Å². The maximum atomic E-state index is 16.0. The first-order chi connectivity index (χ1) is 32.8. The zero-order valence-corrected chi connectivity index (χ0v) is 37.1. The number of rotatable bonds is 11. The van der Waals surface area contributed by atoms with Crippen LogP contribution in [0.5, 0.6) is 5.75 Å². The molecule has 3 saturated heterocycles. The van der Waals surface area contributed by atoms with Crippen LogP contribution in [0.1, 0.15) is 51.6 Å². The third kappa shape index (κ3) is 8.18. The molecule has 2 N–H and O–H groups in total. The van der Waals surface area contributed by atoms with Crippen LogP contribution in [0, 0.1) is 17.8 Å². The molecule has 13 heteroatoms. The molecule has 0 bridgehead atoms. The lowest BCUT2D eigenvalue weighted by atomic mass is 9.65. The third-order valence-corrected chi connectivity index (χ3v) is 13.4. The molecule has 3 fully saturated rings. The lowest BCUT2D eigenvalue weighted by Gasteiger charge is -2.46. The average molecular weight is 894 g/mol. The summed E-state index contributed by atoms with van der Waals surface area (Å²) < 4.78 is 12.7. The van der Waals surface area contributed by atoms with Crippen LogP contribution >= 0.6 is 0 Å². The van der Waals surface area contributed by atoms with Crippen molar-refractivity contribution >= 4 is 29.4 Å². The molecule has 1 spiro atoms. The highest BCUT2D eigenvalue weighted by atomic mass is 16.6. The minimum atomic E-state index is -1.69. The number of carbonyl (C=O) groups excluding carboxylic acids is 3. The Morgan fingerprint density at radius 3 is 2.22 bits per heavy atom. The van der Waals surface area contributed by atoms with Gasteiger partial charge < -0.3 is 29.7 Å². The van der Waals surface area contributed by atoms with E-state index in [1.54, 1.807) is 29.4 Å². The van der Waals surface area contributed by atoms with E-state index in [-0.39, 0.29) is 19.1 Å². The first-order valence-corrected chi connectivity index (χ1v) is 22.7. The summed E-state index contributed by atoms with van der Waals surface area (Å²) in [5.41, 5.74) is 3.56. The van der Waals surface area contributed by atoms with Gasteiger partial charge >= 0.3 is 5.97 Å². The molecule has 5 aromatic carbocycles. The van der Waals surface area contributed by atoms with E-state index < -0.39 is 47.4 Å². The summed E-state index contributed by atoms with van der Waals surface area (Å²) in [5, 5.41) is 13.0. The zero-order chi connectivity index (χ0) is 45.9. The molecule has 6 atom stereocenters. The van der Waals surface area contributed by atoms with Gasteiger partial charge in [0.05, 0.1) is 31.2 Å². The van der Waals surface area contributed by atoms with Gasteiger partial charge in [-0.05, 0) is 71.3 Å². The predicted octanol–water partition coefficient (Wildman–Crippen LogP) is 5.95. The summed E-state index contributed by atoms with van der Waals surface area (Å²) in [6, 6.07) is 41.8. The Morgan fingerprint density at radius 2 is 1.51 bits per heavy atom. The second-order valence-electron chi connectivity index (χ2n) is 17.4. The number of hydrogen-bond donors (Lipinski definition) is 2. The Kier molecular flexibility index (Phi) is 12.2. The summed E-state index contributed by atoms with van der Waals surface area (Å²) in [4.78, 5) is 64.1. The fraction of sp³-hybridized carbons (Fsp3) is 0.278. The number of anilines is 2. The van der Waals surface area contributed by atoms with Crippen LogP contribution in [0.3, 0.4) is 0 Å². The van der Waals surface area contributed by atoms with E-state index in [1.165, 1.54) is 5.56 Å². The number of aliphatic hydroxyl groups is 1. The van der Waals surface area contributed by atoms with Crippen molar-refractivity contribution in [3.8, 4) is 17.6 Å². The van der Waals surface area contributed by atoms with Gasteiger partial charge in [-0.1, -0.05) is 115 Å². The third-order valence-electron chi connectivity index (χ3n) is 13.4. The number of hydrogen-bond acceptors (Lipinski definition) is 11. The minimum Gasteiger partial charge on any atom is -0.491 e. The molecule has 6 aromatic rings. The topological polar surface area (TPSA) is 141 Å². The Bertz CT molecular complexity index is 2800. The number of amides is 2. The average Bonchev–Trinajstić information content (AvgIpc) is 3.85. The fourth-order valence-corrected chi connectivity index (χ4v) is 10.6. The number of morpholine rings is 1. The maximum Gasteiger partial charge on any atom is 0.324 e. The molecule has 2 amide bonds. The van der Waals surface area contributed by atoms with Crippen LogP contribution in [0.15, 0.2) is 152 Å². The van der Waals surface area contributed by atoms with Gasteiger partial charge in [-0.25, -0.2) is 9.97 Å². The first kappa shape index (κ1) is 43.5. The molecule has 10 rings (SSSR count). The molecule has 5 heterocycles. The molecule has 0 aliphatic carbocycles. The number of cyclic esters (lactones) is 1. The molecule has 67 heavy (non-hydrogen) atoms. The predicted molar refractivity (Wildman–Crippen MR) is 253 cm³/mol. The van der Waals surface area contributed by atoms with Crippen molar-refractivity contribution in [1.29, 1.82) is 0 Å². The summed E-state index contributed by atoms with van der Waals surface area (Å²) in [6.07, 6.45) is 2.58. The van der Waals surface area contributed by atoms with Gasteiger partial charge in [0.1, 0.15) is 29.9 Å². The Morgan fingerprint density at radius 1 is 0.821 bits per heavy atom. The molecule has 4 aliphatic heterocycles. The lowest BCUT2D eigenvalue weighted by molar-refractivity contribution is -0.179. The van der Waals surface area contributed by atoms with Gasteiger partial charge in [0, 0.05) is 56.4 Å². The van der Waals surface area contributed by atoms with Crippen molar-refractivity contribution < 1.29 is 29.0 Å². The largest absolute Gasteiger partial charge is 0.491 e. The Balaban J connectivity index is 1.15. The second-order valence-corrected chi connectivity index (χ2v) is 17.4. The molecule has 0 saturated carbocycles. The van der Waals surface area contributed by atoms with Crippen molar-refractivity contribution in [2.24, 2.45) is 5.92 Å². The monoisotopic (exact) mass is 893 g/mol. The lowest BCUT2D eigenvalue weighted by Crippen LogP contribution is -2.58. The van der Waals surface area contributed by atoms with Crippen molar-refractivity contribution in [2.45, 2.75) is 36.2 Å². The zero-order valence-electron chi connectivity index (χ0n) is 37.1. The van der Waals surface area contributed by atoms with E-state index in [2.05, 4.69) is 49.1 Å². The molecule has 338 valence electrons. The van der Waals surface area contributed by atoms with Crippen LogP contribution < -0.4 is 15.0 Å². The van der Waals surface area contributed by atoms with Crippen LogP contribution in [0.4, 0.5) is 11.6 Å². The summed E-state index contributed by atoms with van der Waals surface area (Å²) in [7, 11) is 2.02. The summed E-state index contributed by atoms with van der Waals surface area (Å²) in [6.45, 7) is 2.58. The minimum absolute atomic E-state index is 0.0493. The number of carbonyl (C=O) groups is 3. The van der Waals surface area contributed by atoms with Gasteiger partial charge in [-0.15, -0.1) is 0 Å². The molecule has 0 radical (unpaired) electrons. The maximum absolute atomic E-state index is 16.0. The Labute approximate surface area is 390 Å². The standard InChI is InChI=1S/C54H51N7O6/c1-58(36-38-14-5-2-6-15-38)27-12-16-37-23-24-44-43(34-37)54(52(65)57-44)45(50(63)59-28-30-60(31-29-59)53-55-25-13-26-56-53)47-51(64)67-48(40-19-9-4-10-20-40)46(39-17-7-3-8-18-39)61(47)49(54)41-21-11-22-42(35-41)66-33-32-62/h2-11,13-15,17-26,34-35,45-49,62H,27-33,36H2,1H3,(H,57,65)/t45-,46-,47-,48+,49+,54-/m0/s1. The molecular formula is C54H51N7O6. The van der Waals surface area contributed by atoms with Crippen molar-refractivity contribution in [2.75, 3.05) is 63.2 Å². The number of benzene rings is 5. The van der Waals surface area contributed by atoms with Crippen molar-refractivity contribution in [1.82, 2.24) is 24.7 Å². The van der Waals surface area contributed by atoms with Crippen LogP contribution in [0.25, 0.3) is 0 Å². The Hall–Kier alpha value is -7.37. The van der Waals surface area contributed by atoms with Gasteiger partial charge in [0.2, 0.25) is 17.8 Å². The van der Waals surface area contributed by atoms with Crippen molar-refractivity contribution in [3.63, 3.8) is 0 Å². The molecule has 13 nitrogen and oxygen atoms in total. The van der Waals surface area contributed by atoms with E-state index in [4.69, 9.17) is 9.47 Å². The summed E-state index contributed by atoms with van der Waals surface area (Å²) in [5.74, 6) is 5.18. The van der Waals surface area contributed by atoms with E-state index in [0.29, 0.717) is 66.8 Å². The number of nitrogens with one attached hydrogen (secondary N) is 1. The first-order valence-electron chi connectivity index (χ1n) is 22.7. The number of fused-ring (bicyclic) bond motifs is 3. The van der Waals surface area contributed by atoms with Gasteiger partial charge in [0.15, 0.2) is 0 Å². The van der Waals surface area contributed by atoms with E-state index in [9.17, 15) is 5.11 Å². The number of nitrogens with zero attached hydrogens (tertiary/aromatic N) is 6. The highest BCUT2D eigenvalue weighted by Gasteiger charge is 2.74. The SMILES string of the molecule is CN(CC#Cc1ccc2c(c1)[C@]1(C(=O)N2)[C@H](C(=O)N2CCN(c3ncccn3)CC2)[C@H]2C(=O)O[C@H](c3ccccc3)[C@H](c3ccccc3)N2[C@@H]1c1cccc(OCCO)c1)Cc1ccccc1. The van der Waals surface area contributed by atoms with E-state index in [1.807, 2.05) is 127 Å².